The summed E-state index contributed by atoms with van der Waals surface area (Å²) >= 11 is 0. The molecule has 1 heterocycles. The number of rotatable bonds is 0. The number of phenols is 2. The molecule has 0 spiro atoms. The predicted molar refractivity (Wildman–Crippen MR) is 38.0 cm³/mol. The van der Waals surface area contributed by atoms with Gasteiger partial charge in [-0.05, 0) is 17.3 Å². The minimum atomic E-state index is -0.382. The Balaban J connectivity index is 2.93. The molecule has 3 N–H and O–H groups in total. The molecule has 62 valence electrons. The Labute approximate surface area is 66.2 Å². The monoisotopic (exact) mass is 167 g/mol. The second-order valence-electron chi connectivity index (χ2n) is 2.28. The van der Waals surface area contributed by atoms with Crippen LogP contribution in [0.5, 0.6) is 11.5 Å². The third kappa shape index (κ3) is 0.685. The third-order valence-electron chi connectivity index (χ3n) is 1.55. The van der Waals surface area contributed by atoms with Crippen LogP contribution in [0.4, 0.5) is 0 Å². The van der Waals surface area contributed by atoms with E-state index in [1.54, 1.807) is 0 Å². The van der Waals surface area contributed by atoms with Crippen LogP contribution in [0.1, 0.15) is 0 Å². The molecule has 0 amide bonds. The molecule has 0 fully saturated rings. The van der Waals surface area contributed by atoms with Gasteiger partial charge in [0.15, 0.2) is 17.0 Å². The highest BCUT2D eigenvalue weighted by Gasteiger charge is 2.10. The van der Waals surface area contributed by atoms with Crippen LogP contribution in [0, 0.1) is 0 Å². The van der Waals surface area contributed by atoms with Crippen LogP contribution >= 0.6 is 0 Å². The van der Waals surface area contributed by atoms with Crippen LogP contribution in [-0.4, -0.2) is 30.6 Å². The van der Waals surface area contributed by atoms with Crippen molar-refractivity contribution in [1.82, 2.24) is 15.2 Å². The molecule has 1 aromatic carbocycles. The van der Waals surface area contributed by atoms with Crippen LogP contribution in [-0.2, 0) is 0 Å². The molecular formula is C6H5N3O3. The van der Waals surface area contributed by atoms with Gasteiger partial charge >= 0.3 is 0 Å². The van der Waals surface area contributed by atoms with Crippen LogP contribution < -0.4 is 0 Å². The Morgan fingerprint density at radius 1 is 1.25 bits per heavy atom. The summed E-state index contributed by atoms with van der Waals surface area (Å²) in [4.78, 5) is 0.522. The smallest absolute Gasteiger partial charge is 0.188 e. The van der Waals surface area contributed by atoms with Crippen molar-refractivity contribution in [3.63, 3.8) is 0 Å². The number of fused-ring (bicyclic) bond motifs is 1. The van der Waals surface area contributed by atoms with Gasteiger partial charge in [-0.25, -0.2) is 0 Å². The number of benzene rings is 1. The van der Waals surface area contributed by atoms with Gasteiger partial charge in [-0.3, -0.25) is 0 Å². The van der Waals surface area contributed by atoms with E-state index in [0.717, 1.165) is 0 Å². The highest BCUT2D eigenvalue weighted by molar-refractivity contribution is 5.83. The van der Waals surface area contributed by atoms with Crippen molar-refractivity contribution in [1.29, 1.82) is 0 Å². The average Bonchev–Trinajstić information content (AvgIpc) is 2.41. The van der Waals surface area contributed by atoms with Gasteiger partial charge < -0.3 is 15.4 Å². The van der Waals surface area contributed by atoms with Gasteiger partial charge in [0.05, 0.1) is 0 Å². The largest absolute Gasteiger partial charge is 0.504 e. The lowest BCUT2D eigenvalue weighted by Gasteiger charge is -1.95. The Bertz CT molecular complexity index is 437. The van der Waals surface area contributed by atoms with E-state index in [9.17, 15) is 5.11 Å². The quantitative estimate of drug-likeness (QED) is 0.381. The van der Waals surface area contributed by atoms with Crippen LogP contribution in [0.25, 0.3) is 11.0 Å². The molecule has 0 unspecified atom stereocenters. The minimum Gasteiger partial charge on any atom is -0.504 e. The lowest BCUT2D eigenvalue weighted by Crippen LogP contribution is -1.90. The molecule has 2 rings (SSSR count). The molecule has 0 aliphatic heterocycles. The fourth-order valence-corrected chi connectivity index (χ4v) is 0.954. The SMILES string of the molecule is Oc1ccc2c(nnn2O)c1O. The summed E-state index contributed by atoms with van der Waals surface area (Å²) < 4.78 is 0. The first-order chi connectivity index (χ1) is 5.70. The molecule has 6 nitrogen and oxygen atoms in total. The van der Waals surface area contributed by atoms with E-state index in [0.29, 0.717) is 4.85 Å². The Hall–Kier alpha value is -1.98. The summed E-state index contributed by atoms with van der Waals surface area (Å²) in [5.74, 6) is -0.671. The molecule has 2 aromatic rings. The van der Waals surface area contributed by atoms with Crippen molar-refractivity contribution >= 4 is 11.0 Å². The van der Waals surface area contributed by atoms with Crippen LogP contribution in [0.15, 0.2) is 12.1 Å². The predicted octanol–water partition coefficient (Wildman–Crippen LogP) is 0.0798. The lowest BCUT2D eigenvalue weighted by atomic mass is 10.3. The summed E-state index contributed by atoms with van der Waals surface area (Å²) in [7, 11) is 0. The van der Waals surface area contributed by atoms with E-state index >= 15 is 0 Å². The number of hydrogen-bond donors (Lipinski definition) is 3. The molecule has 0 atom stereocenters. The standard InChI is InChI=1S/C6H5N3O3/c10-4-2-1-3-5(6(4)11)7-8-9(3)12/h1-2,10-12H. The lowest BCUT2D eigenvalue weighted by molar-refractivity contribution is 0.154. The van der Waals surface area contributed by atoms with E-state index in [2.05, 4.69) is 10.3 Å². The molecular weight excluding hydrogens is 162 g/mol. The molecule has 0 saturated carbocycles. The number of hydrogen-bond acceptors (Lipinski definition) is 5. The Kier molecular flexibility index (Phi) is 1.12. The van der Waals surface area contributed by atoms with E-state index < -0.39 is 0 Å². The molecule has 0 aliphatic rings. The Morgan fingerprint density at radius 2 is 2.00 bits per heavy atom. The van der Waals surface area contributed by atoms with Gasteiger partial charge in [-0.15, -0.1) is 5.10 Å². The van der Waals surface area contributed by atoms with Crippen LogP contribution in [0.2, 0.25) is 0 Å². The Morgan fingerprint density at radius 3 is 2.75 bits per heavy atom. The number of aromatic hydroxyl groups is 2. The summed E-state index contributed by atoms with van der Waals surface area (Å²) in [5, 5.41) is 33.9. The average molecular weight is 167 g/mol. The van der Waals surface area contributed by atoms with Crippen molar-refractivity contribution in [2.24, 2.45) is 0 Å². The summed E-state index contributed by atoms with van der Waals surface area (Å²) in [5.41, 5.74) is 0.308. The minimum absolute atomic E-state index is 0.0671. The van der Waals surface area contributed by atoms with Gasteiger partial charge in [0.25, 0.3) is 0 Å². The second-order valence-corrected chi connectivity index (χ2v) is 2.28. The van der Waals surface area contributed by atoms with Crippen molar-refractivity contribution in [2.75, 3.05) is 0 Å². The van der Waals surface area contributed by atoms with Crippen molar-refractivity contribution in [3.8, 4) is 11.5 Å². The fraction of sp³-hybridized carbons (Fsp3) is 0. The molecule has 0 aliphatic carbocycles. The first kappa shape index (κ1) is 6.71. The molecule has 0 bridgehead atoms. The zero-order valence-corrected chi connectivity index (χ0v) is 5.84. The van der Waals surface area contributed by atoms with E-state index in [-0.39, 0.29) is 22.5 Å². The highest BCUT2D eigenvalue weighted by Crippen LogP contribution is 2.30. The summed E-state index contributed by atoms with van der Waals surface area (Å²) in [6, 6.07) is 2.64. The summed E-state index contributed by atoms with van der Waals surface area (Å²) in [6.07, 6.45) is 0. The maximum Gasteiger partial charge on any atom is 0.188 e. The number of nitrogens with zero attached hydrogens (tertiary/aromatic N) is 3. The van der Waals surface area contributed by atoms with Crippen molar-refractivity contribution in [3.05, 3.63) is 12.1 Å². The van der Waals surface area contributed by atoms with Crippen LogP contribution in [0.3, 0.4) is 0 Å². The topological polar surface area (TPSA) is 91.4 Å². The van der Waals surface area contributed by atoms with E-state index in [4.69, 9.17) is 10.3 Å². The number of phenolic OH excluding ortho intramolecular Hbond substituents is 2. The zero-order chi connectivity index (χ0) is 8.72. The fourth-order valence-electron chi connectivity index (χ4n) is 0.954. The first-order valence-corrected chi connectivity index (χ1v) is 3.16. The highest BCUT2D eigenvalue weighted by atomic mass is 16.5. The first-order valence-electron chi connectivity index (χ1n) is 3.16. The van der Waals surface area contributed by atoms with Gasteiger partial charge in [-0.2, -0.15) is 0 Å². The van der Waals surface area contributed by atoms with E-state index in [1.807, 2.05) is 0 Å². The van der Waals surface area contributed by atoms with Gasteiger partial charge in [0.1, 0.15) is 5.52 Å². The van der Waals surface area contributed by atoms with Gasteiger partial charge in [0, 0.05) is 0 Å². The molecule has 6 heteroatoms. The zero-order valence-electron chi connectivity index (χ0n) is 5.84. The van der Waals surface area contributed by atoms with Crippen molar-refractivity contribution in [2.45, 2.75) is 0 Å². The molecule has 1 aromatic heterocycles. The molecule has 0 radical (unpaired) electrons. The molecule has 12 heavy (non-hydrogen) atoms. The maximum absolute atomic E-state index is 9.19. The van der Waals surface area contributed by atoms with Gasteiger partial charge in [-0.1, -0.05) is 4.85 Å². The maximum atomic E-state index is 9.19. The van der Waals surface area contributed by atoms with E-state index in [1.165, 1.54) is 12.1 Å². The normalized spacial score (nSPS) is 10.7. The molecule has 0 saturated heterocycles. The van der Waals surface area contributed by atoms with Gasteiger partial charge in [0.2, 0.25) is 0 Å². The third-order valence-corrected chi connectivity index (χ3v) is 1.55. The second kappa shape index (κ2) is 2.00. The number of aromatic nitrogens is 3. The van der Waals surface area contributed by atoms with Crippen molar-refractivity contribution < 1.29 is 15.4 Å². The summed E-state index contributed by atoms with van der Waals surface area (Å²) in [6.45, 7) is 0.